The van der Waals surface area contributed by atoms with E-state index in [1.165, 1.54) is 31.2 Å². The zero-order valence-electron chi connectivity index (χ0n) is 13.9. The number of hydrogen-bond acceptors (Lipinski definition) is 1. The lowest BCUT2D eigenvalue weighted by Gasteiger charge is -2.19. The molecule has 0 bridgehead atoms. The zero-order valence-corrected chi connectivity index (χ0v) is 13.9. The minimum Gasteiger partial charge on any atom is -0.316 e. The molecule has 1 nitrogen and oxygen atoms in total. The molecular weight excluding hydrogens is 242 g/mol. The molecule has 1 rings (SSSR count). The van der Waals surface area contributed by atoms with Crippen molar-refractivity contribution in [1.29, 1.82) is 0 Å². The van der Waals surface area contributed by atoms with Crippen LogP contribution in [0.1, 0.15) is 64.9 Å². The highest BCUT2D eigenvalue weighted by Gasteiger charge is 2.11. The average Bonchev–Trinajstić information content (AvgIpc) is 2.42. The molecule has 0 aliphatic carbocycles. The molecule has 1 aromatic carbocycles. The van der Waals surface area contributed by atoms with Crippen LogP contribution < -0.4 is 5.32 Å². The third-order valence-corrected chi connectivity index (χ3v) is 3.80. The second-order valence-corrected chi connectivity index (χ2v) is 6.84. The quantitative estimate of drug-likeness (QED) is 0.576. The van der Waals surface area contributed by atoms with Crippen LogP contribution in [0.25, 0.3) is 0 Å². The number of hydrogen-bond donors (Lipinski definition) is 1. The Morgan fingerprint density at radius 2 is 1.45 bits per heavy atom. The monoisotopic (exact) mass is 275 g/mol. The summed E-state index contributed by atoms with van der Waals surface area (Å²) in [5.74, 6) is 2.23. The van der Waals surface area contributed by atoms with Crippen molar-refractivity contribution in [3.63, 3.8) is 0 Å². The van der Waals surface area contributed by atoms with Crippen LogP contribution in [0.5, 0.6) is 0 Å². The van der Waals surface area contributed by atoms with Gasteiger partial charge in [0.25, 0.3) is 0 Å². The van der Waals surface area contributed by atoms with Gasteiger partial charge in [0, 0.05) is 6.54 Å². The summed E-state index contributed by atoms with van der Waals surface area (Å²) in [5, 5.41) is 3.63. The molecule has 0 aliphatic rings. The molecule has 0 fully saturated rings. The van der Waals surface area contributed by atoms with E-state index in [0.29, 0.717) is 5.92 Å². The van der Waals surface area contributed by atoms with E-state index in [9.17, 15) is 0 Å². The van der Waals surface area contributed by atoms with Crippen LogP contribution in [-0.2, 0) is 0 Å². The first-order valence-electron chi connectivity index (χ1n) is 8.35. The van der Waals surface area contributed by atoms with Gasteiger partial charge in [-0.2, -0.15) is 0 Å². The lowest BCUT2D eigenvalue weighted by molar-refractivity contribution is 0.467. The number of benzene rings is 1. The Bertz CT molecular complexity index is 329. The molecule has 1 heteroatoms. The summed E-state index contributed by atoms with van der Waals surface area (Å²) in [6, 6.07) is 11.0. The van der Waals surface area contributed by atoms with Crippen LogP contribution in [0.2, 0.25) is 0 Å². The molecule has 1 unspecified atom stereocenters. The van der Waals surface area contributed by atoms with Crippen molar-refractivity contribution in [2.45, 2.75) is 59.3 Å². The average molecular weight is 275 g/mol. The van der Waals surface area contributed by atoms with Crippen LogP contribution in [0.4, 0.5) is 0 Å². The van der Waals surface area contributed by atoms with Gasteiger partial charge >= 0.3 is 0 Å². The Morgan fingerprint density at radius 3 is 2.05 bits per heavy atom. The maximum absolute atomic E-state index is 3.63. The van der Waals surface area contributed by atoms with Gasteiger partial charge in [0.2, 0.25) is 0 Å². The van der Waals surface area contributed by atoms with Crippen molar-refractivity contribution in [2.24, 2.45) is 11.8 Å². The molecule has 0 spiro atoms. The minimum absolute atomic E-state index is 0.669. The van der Waals surface area contributed by atoms with Crippen molar-refractivity contribution in [3.8, 4) is 0 Å². The fourth-order valence-electron chi connectivity index (χ4n) is 2.60. The molecule has 20 heavy (non-hydrogen) atoms. The second-order valence-electron chi connectivity index (χ2n) is 6.84. The van der Waals surface area contributed by atoms with Crippen LogP contribution >= 0.6 is 0 Å². The third-order valence-electron chi connectivity index (χ3n) is 3.80. The Labute approximate surface area is 126 Å². The molecule has 1 aromatic rings. The van der Waals surface area contributed by atoms with E-state index >= 15 is 0 Å². The second kappa shape index (κ2) is 9.99. The molecule has 0 heterocycles. The van der Waals surface area contributed by atoms with Crippen molar-refractivity contribution >= 4 is 0 Å². The lowest BCUT2D eigenvalue weighted by Crippen LogP contribution is -2.25. The highest BCUT2D eigenvalue weighted by Crippen LogP contribution is 2.22. The molecule has 0 amide bonds. The van der Waals surface area contributed by atoms with Crippen molar-refractivity contribution in [3.05, 3.63) is 35.9 Å². The maximum Gasteiger partial charge on any atom is 0.00202 e. The standard InChI is InChI=1S/C19H33N/c1-16(2)10-8-9-13-19(15-20-14-17(3)4)18-11-6-5-7-12-18/h5-7,11-12,16-17,19-20H,8-10,13-15H2,1-4H3. The van der Waals surface area contributed by atoms with E-state index < -0.39 is 0 Å². The molecule has 0 aliphatic heterocycles. The van der Waals surface area contributed by atoms with Crippen molar-refractivity contribution < 1.29 is 0 Å². The Balaban J connectivity index is 2.43. The minimum atomic E-state index is 0.669. The van der Waals surface area contributed by atoms with Crippen LogP contribution in [-0.4, -0.2) is 13.1 Å². The maximum atomic E-state index is 3.63. The van der Waals surface area contributed by atoms with Gasteiger partial charge in [-0.1, -0.05) is 77.3 Å². The summed E-state index contributed by atoms with van der Waals surface area (Å²) in [7, 11) is 0. The Morgan fingerprint density at radius 1 is 0.800 bits per heavy atom. The summed E-state index contributed by atoms with van der Waals surface area (Å²) in [6.45, 7) is 11.4. The zero-order chi connectivity index (χ0) is 14.8. The van der Waals surface area contributed by atoms with Gasteiger partial charge in [0.15, 0.2) is 0 Å². The largest absolute Gasteiger partial charge is 0.316 e. The molecule has 0 radical (unpaired) electrons. The van der Waals surface area contributed by atoms with E-state index in [4.69, 9.17) is 0 Å². The molecule has 0 saturated carbocycles. The van der Waals surface area contributed by atoms with Gasteiger partial charge in [-0.3, -0.25) is 0 Å². The third kappa shape index (κ3) is 7.69. The first kappa shape index (κ1) is 17.2. The van der Waals surface area contributed by atoms with Gasteiger partial charge in [-0.05, 0) is 36.3 Å². The van der Waals surface area contributed by atoms with Gasteiger partial charge in [0.1, 0.15) is 0 Å². The molecule has 0 saturated heterocycles. The fraction of sp³-hybridized carbons (Fsp3) is 0.684. The van der Waals surface area contributed by atoms with Crippen LogP contribution in [0.15, 0.2) is 30.3 Å². The number of nitrogens with one attached hydrogen (secondary N) is 1. The highest BCUT2D eigenvalue weighted by atomic mass is 14.9. The van der Waals surface area contributed by atoms with Crippen molar-refractivity contribution in [2.75, 3.05) is 13.1 Å². The van der Waals surface area contributed by atoms with Crippen molar-refractivity contribution in [1.82, 2.24) is 5.32 Å². The van der Waals surface area contributed by atoms with Crippen LogP contribution in [0.3, 0.4) is 0 Å². The van der Waals surface area contributed by atoms with Gasteiger partial charge in [-0.25, -0.2) is 0 Å². The summed E-state index contributed by atoms with van der Waals surface area (Å²) >= 11 is 0. The van der Waals surface area contributed by atoms with E-state index in [0.717, 1.165) is 24.9 Å². The number of unbranched alkanes of at least 4 members (excludes halogenated alkanes) is 1. The topological polar surface area (TPSA) is 12.0 Å². The first-order valence-corrected chi connectivity index (χ1v) is 8.35. The van der Waals surface area contributed by atoms with Gasteiger partial charge < -0.3 is 5.32 Å². The number of rotatable bonds is 10. The van der Waals surface area contributed by atoms with E-state index in [-0.39, 0.29) is 0 Å². The summed E-state index contributed by atoms with van der Waals surface area (Å²) in [6.07, 6.45) is 5.38. The van der Waals surface area contributed by atoms with E-state index in [1.807, 2.05) is 0 Å². The lowest BCUT2D eigenvalue weighted by atomic mass is 9.92. The molecule has 114 valence electrons. The Kier molecular flexibility index (Phi) is 8.60. The molecule has 1 N–H and O–H groups in total. The summed E-state index contributed by atoms with van der Waals surface area (Å²) in [5.41, 5.74) is 1.49. The molecule has 0 aromatic heterocycles. The predicted octanol–water partition coefficient (Wildman–Crippen LogP) is 5.23. The SMILES string of the molecule is CC(C)CCCCC(CNCC(C)C)c1ccccc1. The summed E-state index contributed by atoms with van der Waals surface area (Å²) < 4.78 is 0. The molecule has 1 atom stereocenters. The van der Waals surface area contributed by atoms with Gasteiger partial charge in [-0.15, -0.1) is 0 Å². The molecular formula is C19H33N. The predicted molar refractivity (Wildman–Crippen MR) is 90.2 cm³/mol. The normalized spacial score (nSPS) is 13.1. The van der Waals surface area contributed by atoms with Crippen LogP contribution in [0, 0.1) is 11.8 Å². The smallest absolute Gasteiger partial charge is 0.00202 e. The fourth-order valence-corrected chi connectivity index (χ4v) is 2.60. The van der Waals surface area contributed by atoms with E-state index in [1.54, 1.807) is 0 Å². The van der Waals surface area contributed by atoms with Gasteiger partial charge in [0.05, 0.1) is 0 Å². The summed E-state index contributed by atoms with van der Waals surface area (Å²) in [4.78, 5) is 0. The highest BCUT2D eigenvalue weighted by molar-refractivity contribution is 5.19. The first-order chi connectivity index (χ1) is 9.59. The van der Waals surface area contributed by atoms with E-state index in [2.05, 4.69) is 63.3 Å². The Hall–Kier alpha value is -0.820.